The third kappa shape index (κ3) is 3.14. The molecule has 1 heterocycles. The predicted molar refractivity (Wildman–Crippen MR) is 91.7 cm³/mol. The maximum absolute atomic E-state index is 6.25. The number of nitrogens with one attached hydrogen (secondary N) is 1. The van der Waals surface area contributed by atoms with Crippen LogP contribution < -0.4 is 5.73 Å². The highest BCUT2D eigenvalue weighted by Gasteiger charge is 2.14. The normalized spacial score (nSPS) is 12.3. The quantitative estimate of drug-likeness (QED) is 0.674. The Bertz CT molecular complexity index is 732. The van der Waals surface area contributed by atoms with E-state index in [9.17, 15) is 0 Å². The van der Waals surface area contributed by atoms with Gasteiger partial charge in [0.2, 0.25) is 0 Å². The fourth-order valence-corrected chi connectivity index (χ4v) is 2.43. The number of benzene rings is 2. The highest BCUT2D eigenvalue weighted by atomic mass is 127. The van der Waals surface area contributed by atoms with E-state index in [1.54, 1.807) is 0 Å². The molecule has 0 aliphatic carbocycles. The Morgan fingerprint density at radius 2 is 1.71 bits per heavy atom. The molecule has 3 rings (SSSR count). The number of hydrogen-bond donors (Lipinski definition) is 2. The molecule has 0 aliphatic heterocycles. The molecule has 0 saturated heterocycles. The van der Waals surface area contributed by atoms with Crippen LogP contribution in [0.5, 0.6) is 0 Å². The van der Waals surface area contributed by atoms with Crippen molar-refractivity contribution >= 4 is 22.6 Å². The molecular weight excluding hydrogens is 375 g/mol. The summed E-state index contributed by atoms with van der Waals surface area (Å²) in [6, 6.07) is 15.9. The second-order valence-electron chi connectivity index (χ2n) is 4.94. The molecule has 2 aromatic carbocycles. The lowest BCUT2D eigenvalue weighted by Crippen LogP contribution is -2.13. The summed E-state index contributed by atoms with van der Waals surface area (Å²) in [4.78, 5) is 4.51. The molecule has 4 nitrogen and oxygen atoms in total. The topological polar surface area (TPSA) is 67.6 Å². The highest BCUT2D eigenvalue weighted by molar-refractivity contribution is 14.1. The van der Waals surface area contributed by atoms with Gasteiger partial charge in [-0.3, -0.25) is 5.10 Å². The number of rotatable bonds is 3. The molecule has 0 spiro atoms. The van der Waals surface area contributed by atoms with Crippen molar-refractivity contribution in [1.82, 2.24) is 15.2 Å². The van der Waals surface area contributed by atoms with E-state index in [4.69, 9.17) is 5.73 Å². The van der Waals surface area contributed by atoms with E-state index in [1.165, 1.54) is 9.13 Å². The van der Waals surface area contributed by atoms with Crippen LogP contribution in [0.25, 0.3) is 11.4 Å². The predicted octanol–water partition coefficient (Wildman–Crippen LogP) is 3.43. The van der Waals surface area contributed by atoms with Crippen molar-refractivity contribution in [2.45, 2.75) is 13.0 Å². The minimum absolute atomic E-state index is 0.296. The average molecular weight is 390 g/mol. The Labute approximate surface area is 136 Å². The molecule has 3 N–H and O–H groups in total. The van der Waals surface area contributed by atoms with Crippen LogP contribution in [0, 0.1) is 10.5 Å². The summed E-state index contributed by atoms with van der Waals surface area (Å²) in [5.41, 5.74) is 9.46. The first-order valence-corrected chi connectivity index (χ1v) is 7.72. The van der Waals surface area contributed by atoms with E-state index < -0.39 is 0 Å². The third-order valence-electron chi connectivity index (χ3n) is 3.34. The Balaban J connectivity index is 1.87. The lowest BCUT2D eigenvalue weighted by atomic mass is 10.1. The average Bonchev–Trinajstić information content (AvgIpc) is 2.98. The number of aromatic amines is 1. The standard InChI is InChI=1S/C16H15IN4/c1-10-2-4-11(5-3-10)14(18)16-19-15(20-21-16)12-6-8-13(17)9-7-12/h2-9,14H,18H2,1H3,(H,19,20,21). The van der Waals surface area contributed by atoms with Crippen molar-refractivity contribution in [3.8, 4) is 11.4 Å². The fraction of sp³-hybridized carbons (Fsp3) is 0.125. The maximum atomic E-state index is 6.25. The number of halogens is 1. The lowest BCUT2D eigenvalue weighted by molar-refractivity contribution is 0.787. The molecule has 0 radical (unpaired) electrons. The summed E-state index contributed by atoms with van der Waals surface area (Å²) in [5.74, 6) is 1.34. The fourth-order valence-electron chi connectivity index (χ4n) is 2.07. The summed E-state index contributed by atoms with van der Waals surface area (Å²) in [7, 11) is 0. The van der Waals surface area contributed by atoms with Gasteiger partial charge in [0.05, 0.1) is 6.04 Å². The van der Waals surface area contributed by atoms with Crippen LogP contribution in [-0.2, 0) is 0 Å². The third-order valence-corrected chi connectivity index (χ3v) is 4.06. The number of aryl methyl sites for hydroxylation is 1. The van der Waals surface area contributed by atoms with E-state index in [0.717, 1.165) is 11.1 Å². The van der Waals surface area contributed by atoms with E-state index in [-0.39, 0.29) is 6.04 Å². The number of H-pyrrole nitrogens is 1. The number of nitrogens with zero attached hydrogens (tertiary/aromatic N) is 2. The first-order chi connectivity index (χ1) is 10.1. The van der Waals surface area contributed by atoms with Gasteiger partial charge in [0, 0.05) is 9.13 Å². The minimum atomic E-state index is -0.296. The molecule has 0 saturated carbocycles. The van der Waals surface area contributed by atoms with Crippen LogP contribution in [0.2, 0.25) is 0 Å². The van der Waals surface area contributed by atoms with Crippen molar-refractivity contribution in [2.75, 3.05) is 0 Å². The Hall–Kier alpha value is -1.73. The van der Waals surface area contributed by atoms with Gasteiger partial charge in [-0.1, -0.05) is 42.0 Å². The summed E-state index contributed by atoms with van der Waals surface area (Å²) in [5, 5.41) is 7.21. The largest absolute Gasteiger partial charge is 0.318 e. The molecule has 106 valence electrons. The second-order valence-corrected chi connectivity index (χ2v) is 6.19. The Kier molecular flexibility index (Phi) is 4.03. The summed E-state index contributed by atoms with van der Waals surface area (Å²) in [6.07, 6.45) is 0. The molecule has 0 amide bonds. The summed E-state index contributed by atoms with van der Waals surface area (Å²) < 4.78 is 1.18. The molecule has 1 atom stereocenters. The minimum Gasteiger partial charge on any atom is -0.318 e. The zero-order valence-electron chi connectivity index (χ0n) is 11.5. The van der Waals surface area contributed by atoms with E-state index in [0.29, 0.717) is 11.6 Å². The van der Waals surface area contributed by atoms with E-state index in [2.05, 4.69) is 44.7 Å². The van der Waals surface area contributed by atoms with Crippen molar-refractivity contribution in [3.05, 3.63) is 69.1 Å². The number of aromatic nitrogens is 3. The first-order valence-electron chi connectivity index (χ1n) is 6.64. The van der Waals surface area contributed by atoms with Gasteiger partial charge in [0.15, 0.2) is 5.82 Å². The Morgan fingerprint density at radius 3 is 2.38 bits per heavy atom. The zero-order chi connectivity index (χ0) is 14.8. The van der Waals surface area contributed by atoms with Gasteiger partial charge in [0.25, 0.3) is 0 Å². The molecule has 1 aromatic heterocycles. The summed E-state index contributed by atoms with van der Waals surface area (Å²) >= 11 is 2.27. The van der Waals surface area contributed by atoms with Crippen LogP contribution in [0.15, 0.2) is 48.5 Å². The molecule has 0 aliphatic rings. The number of hydrogen-bond acceptors (Lipinski definition) is 3. The SMILES string of the molecule is Cc1ccc(C(N)c2nc(-c3ccc(I)cc3)n[nH]2)cc1. The van der Waals surface area contributed by atoms with Gasteiger partial charge in [-0.05, 0) is 47.2 Å². The van der Waals surface area contributed by atoms with Crippen molar-refractivity contribution in [1.29, 1.82) is 0 Å². The van der Waals surface area contributed by atoms with Crippen LogP contribution in [-0.4, -0.2) is 15.2 Å². The number of nitrogens with two attached hydrogens (primary N) is 1. The van der Waals surface area contributed by atoms with Crippen molar-refractivity contribution in [3.63, 3.8) is 0 Å². The van der Waals surface area contributed by atoms with Crippen molar-refractivity contribution in [2.24, 2.45) is 5.73 Å². The molecule has 3 aromatic rings. The van der Waals surface area contributed by atoms with E-state index >= 15 is 0 Å². The lowest BCUT2D eigenvalue weighted by Gasteiger charge is -2.08. The van der Waals surface area contributed by atoms with Gasteiger partial charge in [0.1, 0.15) is 5.82 Å². The molecule has 0 bridgehead atoms. The van der Waals surface area contributed by atoms with Gasteiger partial charge < -0.3 is 5.73 Å². The van der Waals surface area contributed by atoms with Gasteiger partial charge in [-0.15, -0.1) is 0 Å². The molecule has 5 heteroatoms. The smallest absolute Gasteiger partial charge is 0.181 e. The van der Waals surface area contributed by atoms with Gasteiger partial charge in [-0.2, -0.15) is 5.10 Å². The zero-order valence-corrected chi connectivity index (χ0v) is 13.7. The molecule has 0 fully saturated rings. The van der Waals surface area contributed by atoms with Crippen LogP contribution in [0.3, 0.4) is 0 Å². The van der Waals surface area contributed by atoms with Gasteiger partial charge in [-0.25, -0.2) is 4.98 Å². The van der Waals surface area contributed by atoms with Crippen LogP contribution in [0.1, 0.15) is 23.0 Å². The van der Waals surface area contributed by atoms with Crippen molar-refractivity contribution < 1.29 is 0 Å². The van der Waals surface area contributed by atoms with Crippen LogP contribution >= 0.6 is 22.6 Å². The first kappa shape index (κ1) is 14.2. The van der Waals surface area contributed by atoms with Gasteiger partial charge >= 0.3 is 0 Å². The van der Waals surface area contributed by atoms with E-state index in [1.807, 2.05) is 48.5 Å². The highest BCUT2D eigenvalue weighted by Crippen LogP contribution is 2.21. The monoisotopic (exact) mass is 390 g/mol. The summed E-state index contributed by atoms with van der Waals surface area (Å²) in [6.45, 7) is 2.05. The Morgan fingerprint density at radius 1 is 1.05 bits per heavy atom. The molecule has 1 unspecified atom stereocenters. The molecule has 21 heavy (non-hydrogen) atoms. The maximum Gasteiger partial charge on any atom is 0.181 e. The van der Waals surface area contributed by atoms with Crippen LogP contribution in [0.4, 0.5) is 0 Å². The second kappa shape index (κ2) is 5.95. The molecular formula is C16H15IN4.